The molecule has 1 aliphatic rings. The highest BCUT2D eigenvalue weighted by atomic mass is 35.5. The normalized spacial score (nSPS) is 13.4. The Labute approximate surface area is 93.2 Å². The second-order valence-corrected chi connectivity index (χ2v) is 3.58. The topological polar surface area (TPSA) is 42.2 Å². The van der Waals surface area contributed by atoms with Crippen LogP contribution in [0.5, 0.6) is 11.5 Å². The predicted octanol–water partition coefficient (Wildman–Crippen LogP) is 2.55. The van der Waals surface area contributed by atoms with Crippen LogP contribution >= 0.6 is 11.6 Å². The number of benzene rings is 1. The van der Waals surface area contributed by atoms with E-state index in [1.165, 1.54) is 0 Å². The van der Waals surface area contributed by atoms with E-state index >= 15 is 0 Å². The highest BCUT2D eigenvalue weighted by Crippen LogP contribution is 2.41. The molecule has 0 aliphatic carbocycles. The molecule has 0 unspecified atom stereocenters. The van der Waals surface area contributed by atoms with Gasteiger partial charge in [-0.1, -0.05) is 18.5 Å². The molecule has 0 fully saturated rings. The van der Waals surface area contributed by atoms with Crippen molar-refractivity contribution in [3.05, 3.63) is 22.2 Å². The van der Waals surface area contributed by atoms with Crippen LogP contribution in [0.3, 0.4) is 0 Å². The second kappa shape index (κ2) is 4.00. The third-order valence-corrected chi connectivity index (χ3v) is 2.75. The van der Waals surface area contributed by atoms with Crippen LogP contribution < -0.4 is 9.47 Å². The van der Waals surface area contributed by atoms with E-state index in [1.807, 2.05) is 6.92 Å². The van der Waals surface area contributed by atoms with Crippen LogP contribution in [0.25, 0.3) is 0 Å². The van der Waals surface area contributed by atoms with Crippen molar-refractivity contribution in [2.75, 3.05) is 13.2 Å². The molecule has 1 heterocycles. The van der Waals surface area contributed by atoms with Gasteiger partial charge in [0, 0.05) is 6.07 Å². The number of ether oxygens (including phenoxy) is 2. The van der Waals surface area contributed by atoms with Gasteiger partial charge in [0.15, 0.2) is 11.5 Å². The summed E-state index contributed by atoms with van der Waals surface area (Å²) in [6.45, 7) is 2.96. The van der Waals surface area contributed by atoms with Gasteiger partial charge >= 0.3 is 0 Å². The maximum atomic E-state index is 8.97. The zero-order valence-corrected chi connectivity index (χ0v) is 9.10. The van der Waals surface area contributed by atoms with Gasteiger partial charge in [-0.15, -0.1) is 0 Å². The van der Waals surface area contributed by atoms with Crippen molar-refractivity contribution < 1.29 is 9.47 Å². The van der Waals surface area contributed by atoms with Crippen LogP contribution in [0.1, 0.15) is 18.1 Å². The second-order valence-electron chi connectivity index (χ2n) is 3.21. The predicted molar refractivity (Wildman–Crippen MR) is 56.5 cm³/mol. The first-order valence-electron chi connectivity index (χ1n) is 4.79. The fourth-order valence-electron chi connectivity index (χ4n) is 1.63. The van der Waals surface area contributed by atoms with Crippen molar-refractivity contribution in [2.45, 2.75) is 13.3 Å². The third kappa shape index (κ3) is 1.62. The van der Waals surface area contributed by atoms with E-state index < -0.39 is 0 Å². The molecule has 4 heteroatoms. The number of nitriles is 1. The van der Waals surface area contributed by atoms with Gasteiger partial charge in [0.25, 0.3) is 0 Å². The van der Waals surface area contributed by atoms with Crippen LogP contribution in [0.4, 0.5) is 0 Å². The summed E-state index contributed by atoms with van der Waals surface area (Å²) < 4.78 is 10.8. The molecule has 1 aromatic rings. The molecule has 0 bridgehead atoms. The average molecular weight is 224 g/mol. The third-order valence-electron chi connectivity index (χ3n) is 2.35. The van der Waals surface area contributed by atoms with E-state index in [2.05, 4.69) is 6.07 Å². The summed E-state index contributed by atoms with van der Waals surface area (Å²) in [6, 6.07) is 3.81. The Morgan fingerprint density at radius 1 is 1.47 bits per heavy atom. The van der Waals surface area contributed by atoms with Gasteiger partial charge in [-0.3, -0.25) is 0 Å². The fourth-order valence-corrected chi connectivity index (χ4v) is 2.01. The molecule has 0 radical (unpaired) electrons. The van der Waals surface area contributed by atoms with E-state index in [-0.39, 0.29) is 0 Å². The van der Waals surface area contributed by atoms with E-state index in [0.717, 1.165) is 5.56 Å². The van der Waals surface area contributed by atoms with E-state index in [0.29, 0.717) is 41.7 Å². The quantitative estimate of drug-likeness (QED) is 0.735. The molecule has 1 aromatic carbocycles. The fraction of sp³-hybridized carbons (Fsp3) is 0.364. The molecule has 0 atom stereocenters. The highest BCUT2D eigenvalue weighted by molar-refractivity contribution is 6.33. The standard InChI is InChI=1S/C11H10ClNO2/c1-2-8-7(6-13)5-9-11(10(8)12)15-4-3-14-9/h5H,2-4H2,1H3. The van der Waals surface area contributed by atoms with Gasteiger partial charge in [-0.2, -0.15) is 5.26 Å². The number of rotatable bonds is 1. The van der Waals surface area contributed by atoms with E-state index in [4.69, 9.17) is 26.3 Å². The molecule has 0 N–H and O–H groups in total. The number of hydrogen-bond donors (Lipinski definition) is 0. The van der Waals surface area contributed by atoms with Crippen LogP contribution in [-0.4, -0.2) is 13.2 Å². The van der Waals surface area contributed by atoms with Crippen LogP contribution in [-0.2, 0) is 6.42 Å². The Bertz CT molecular complexity index is 437. The smallest absolute Gasteiger partial charge is 0.180 e. The molecular weight excluding hydrogens is 214 g/mol. The Balaban J connectivity index is 2.63. The van der Waals surface area contributed by atoms with Crippen LogP contribution in [0.15, 0.2) is 6.07 Å². The van der Waals surface area contributed by atoms with Crippen molar-refractivity contribution in [3.8, 4) is 17.6 Å². The zero-order valence-electron chi connectivity index (χ0n) is 8.34. The summed E-state index contributed by atoms with van der Waals surface area (Å²) in [5.74, 6) is 1.14. The Hall–Kier alpha value is -1.40. The van der Waals surface area contributed by atoms with Crippen molar-refractivity contribution in [1.29, 1.82) is 5.26 Å². The van der Waals surface area contributed by atoms with Gasteiger partial charge in [-0.25, -0.2) is 0 Å². The Morgan fingerprint density at radius 2 is 2.20 bits per heavy atom. The Morgan fingerprint density at radius 3 is 2.87 bits per heavy atom. The highest BCUT2D eigenvalue weighted by Gasteiger charge is 2.20. The first-order valence-corrected chi connectivity index (χ1v) is 5.16. The van der Waals surface area contributed by atoms with Crippen molar-refractivity contribution >= 4 is 11.6 Å². The van der Waals surface area contributed by atoms with Crippen LogP contribution in [0, 0.1) is 11.3 Å². The Kier molecular flexibility index (Phi) is 2.70. The minimum absolute atomic E-state index is 0.500. The first-order chi connectivity index (χ1) is 7.27. The lowest BCUT2D eigenvalue weighted by Gasteiger charge is -2.21. The maximum Gasteiger partial charge on any atom is 0.180 e. The van der Waals surface area contributed by atoms with Gasteiger partial charge in [-0.05, 0) is 12.0 Å². The lowest BCUT2D eigenvalue weighted by molar-refractivity contribution is 0.171. The molecule has 1 aliphatic heterocycles. The maximum absolute atomic E-state index is 8.97. The molecule has 0 saturated carbocycles. The molecule has 0 saturated heterocycles. The zero-order chi connectivity index (χ0) is 10.8. The number of hydrogen-bond acceptors (Lipinski definition) is 3. The van der Waals surface area contributed by atoms with Crippen molar-refractivity contribution in [3.63, 3.8) is 0 Å². The molecule has 15 heavy (non-hydrogen) atoms. The minimum atomic E-state index is 0.500. The van der Waals surface area contributed by atoms with E-state index in [1.54, 1.807) is 6.07 Å². The van der Waals surface area contributed by atoms with Gasteiger partial charge < -0.3 is 9.47 Å². The molecule has 0 aromatic heterocycles. The van der Waals surface area contributed by atoms with Gasteiger partial charge in [0.2, 0.25) is 0 Å². The first kappa shape index (κ1) is 10.1. The summed E-state index contributed by atoms with van der Waals surface area (Å²) in [4.78, 5) is 0. The summed E-state index contributed by atoms with van der Waals surface area (Å²) >= 11 is 6.15. The largest absolute Gasteiger partial charge is 0.486 e. The van der Waals surface area contributed by atoms with Gasteiger partial charge in [0.1, 0.15) is 13.2 Å². The molecule has 3 nitrogen and oxygen atoms in total. The lowest BCUT2D eigenvalue weighted by atomic mass is 10.0. The monoisotopic (exact) mass is 223 g/mol. The molecule has 0 amide bonds. The minimum Gasteiger partial charge on any atom is -0.486 e. The van der Waals surface area contributed by atoms with Crippen molar-refractivity contribution in [1.82, 2.24) is 0 Å². The number of nitrogens with zero attached hydrogens (tertiary/aromatic N) is 1. The summed E-state index contributed by atoms with van der Waals surface area (Å²) in [5.41, 5.74) is 1.38. The molecule has 2 rings (SSSR count). The summed E-state index contributed by atoms with van der Waals surface area (Å²) in [5, 5.41) is 9.48. The van der Waals surface area contributed by atoms with Crippen molar-refractivity contribution in [2.24, 2.45) is 0 Å². The number of halogens is 1. The summed E-state index contributed by atoms with van der Waals surface area (Å²) in [7, 11) is 0. The summed E-state index contributed by atoms with van der Waals surface area (Å²) in [6.07, 6.45) is 0.707. The van der Waals surface area contributed by atoms with Gasteiger partial charge in [0.05, 0.1) is 16.7 Å². The lowest BCUT2D eigenvalue weighted by Crippen LogP contribution is -2.16. The molecule has 78 valence electrons. The molecular formula is C11H10ClNO2. The van der Waals surface area contributed by atoms with E-state index in [9.17, 15) is 0 Å². The van der Waals surface area contributed by atoms with Crippen LogP contribution in [0.2, 0.25) is 5.02 Å². The average Bonchev–Trinajstić information content (AvgIpc) is 2.29. The SMILES string of the molecule is CCc1c(C#N)cc2c(c1Cl)OCCO2. The number of fused-ring (bicyclic) bond motifs is 1. The molecule has 0 spiro atoms.